The Balaban J connectivity index is 1.48. The maximum atomic E-state index is 12.9. The number of carbonyl (C=O) groups is 1. The molecule has 2 aromatic carbocycles. The summed E-state index contributed by atoms with van der Waals surface area (Å²) in [4.78, 5) is 21.3. The fourth-order valence-corrected chi connectivity index (χ4v) is 5.36. The van der Waals surface area contributed by atoms with Crippen LogP contribution in [0.4, 0.5) is 11.4 Å². The summed E-state index contributed by atoms with van der Waals surface area (Å²) in [5.41, 5.74) is 4.01. The van der Waals surface area contributed by atoms with Crippen molar-refractivity contribution in [3.8, 4) is 11.5 Å². The minimum absolute atomic E-state index is 0.165. The number of amides is 1. The number of hydrogen-bond acceptors (Lipinski definition) is 6. The molecule has 1 heterocycles. The topological polar surface area (TPSA) is 48.5 Å². The van der Waals surface area contributed by atoms with E-state index in [0.29, 0.717) is 28.0 Å². The molecule has 0 radical (unpaired) electrons. The van der Waals surface area contributed by atoms with Crippen molar-refractivity contribution in [2.45, 2.75) is 19.3 Å². The molecule has 0 N–H and O–H groups in total. The van der Waals surface area contributed by atoms with Gasteiger partial charge < -0.3 is 29.1 Å². The van der Waals surface area contributed by atoms with E-state index in [1.807, 2.05) is 55.2 Å². The molecule has 0 aliphatic carbocycles. The minimum atomic E-state index is 0.165. The van der Waals surface area contributed by atoms with Gasteiger partial charge in [-0.05, 0) is 61.8 Å². The Morgan fingerprint density at radius 2 is 1.50 bits per heavy atom. The third-order valence-electron chi connectivity index (χ3n) is 6.73. The average molecular weight is 538 g/mol. The number of halogens is 2. The Morgan fingerprint density at radius 1 is 0.889 bits per heavy atom. The van der Waals surface area contributed by atoms with E-state index in [-0.39, 0.29) is 5.91 Å². The Morgan fingerprint density at radius 3 is 2.08 bits per heavy atom. The fraction of sp³-hybridized carbons (Fsp3) is 0.519. The van der Waals surface area contributed by atoms with E-state index in [4.69, 9.17) is 32.7 Å². The molecule has 0 atom stereocenters. The normalized spacial score (nSPS) is 13.5. The zero-order chi connectivity index (χ0) is 26.4. The molecule has 0 unspecified atom stereocenters. The quantitative estimate of drug-likeness (QED) is 0.422. The zero-order valence-corrected chi connectivity index (χ0v) is 23.7. The van der Waals surface area contributed by atoms with Crippen LogP contribution in [-0.4, -0.2) is 90.8 Å². The maximum Gasteiger partial charge on any atom is 0.227 e. The van der Waals surface area contributed by atoms with Gasteiger partial charge in [0, 0.05) is 53.0 Å². The van der Waals surface area contributed by atoms with Gasteiger partial charge in [0.2, 0.25) is 5.91 Å². The molecule has 36 heavy (non-hydrogen) atoms. The minimum Gasteiger partial charge on any atom is -0.493 e. The summed E-state index contributed by atoms with van der Waals surface area (Å²) in [6.07, 6.45) is 2.14. The lowest BCUT2D eigenvalue weighted by Gasteiger charge is -2.26. The molecule has 1 aliphatic rings. The molecule has 0 spiro atoms. The van der Waals surface area contributed by atoms with Gasteiger partial charge in [-0.25, -0.2) is 0 Å². The van der Waals surface area contributed by atoms with Crippen molar-refractivity contribution in [2.75, 3.05) is 84.9 Å². The Labute approximate surface area is 225 Å². The number of nitrogens with zero attached hydrogens (tertiary/aromatic N) is 4. The fourth-order valence-electron chi connectivity index (χ4n) is 4.54. The number of anilines is 2. The van der Waals surface area contributed by atoms with Gasteiger partial charge in [-0.15, -0.1) is 0 Å². The first-order chi connectivity index (χ1) is 17.1. The second-order valence-electron chi connectivity index (χ2n) is 9.51. The highest BCUT2D eigenvalue weighted by Crippen LogP contribution is 2.36. The summed E-state index contributed by atoms with van der Waals surface area (Å²) in [5.74, 6) is 1.54. The standard InChI is InChI=1S/C27H38Cl2N4O3/c1-30(2)27-22(28)17-21(18-23(27)29)32(4)13-12-31(3)9-7-10-33-11-8-19-14-24(35-5)25(36-6)15-20(19)16-26(33)34/h14-15,17-18H,7-13,16H2,1-6H3. The average Bonchev–Trinajstić information content (AvgIpc) is 2.98. The first-order valence-electron chi connectivity index (χ1n) is 12.2. The molecule has 0 bridgehead atoms. The van der Waals surface area contributed by atoms with Crippen LogP contribution in [0.2, 0.25) is 10.0 Å². The summed E-state index contributed by atoms with van der Waals surface area (Å²) in [5, 5.41) is 1.28. The highest BCUT2D eigenvalue weighted by Gasteiger charge is 2.22. The third kappa shape index (κ3) is 6.90. The number of carbonyl (C=O) groups excluding carboxylic acids is 1. The molecule has 0 saturated carbocycles. The van der Waals surface area contributed by atoms with Gasteiger partial charge in [-0.2, -0.15) is 0 Å². The number of likely N-dealkylation sites (N-methyl/N-ethyl adjacent to an activating group) is 2. The lowest BCUT2D eigenvalue weighted by molar-refractivity contribution is -0.130. The van der Waals surface area contributed by atoms with E-state index in [9.17, 15) is 4.79 Å². The number of rotatable bonds is 11. The third-order valence-corrected chi connectivity index (χ3v) is 7.30. The van der Waals surface area contributed by atoms with Crippen molar-refractivity contribution in [3.63, 3.8) is 0 Å². The number of hydrogen-bond donors (Lipinski definition) is 0. The summed E-state index contributed by atoms with van der Waals surface area (Å²) < 4.78 is 10.9. The SMILES string of the molecule is COc1cc2c(cc1OC)CC(=O)N(CCCN(C)CCN(C)c1cc(Cl)c(N(C)C)c(Cl)c1)CC2. The molecule has 1 aliphatic heterocycles. The van der Waals surface area contributed by atoms with Crippen LogP contribution in [0.5, 0.6) is 11.5 Å². The van der Waals surface area contributed by atoms with Crippen LogP contribution in [0.1, 0.15) is 17.5 Å². The molecule has 1 amide bonds. The van der Waals surface area contributed by atoms with Crippen LogP contribution >= 0.6 is 23.2 Å². The van der Waals surface area contributed by atoms with Crippen LogP contribution < -0.4 is 19.3 Å². The maximum absolute atomic E-state index is 12.9. The molecule has 7 nitrogen and oxygen atoms in total. The summed E-state index contributed by atoms with van der Waals surface area (Å²) in [7, 11) is 11.3. The van der Waals surface area contributed by atoms with E-state index in [1.54, 1.807) is 14.2 Å². The molecular formula is C27H38Cl2N4O3. The van der Waals surface area contributed by atoms with E-state index in [0.717, 1.165) is 68.1 Å². The largest absolute Gasteiger partial charge is 0.493 e. The number of benzene rings is 2. The lowest BCUT2D eigenvalue weighted by Crippen LogP contribution is -2.36. The Bertz CT molecular complexity index is 1040. The smallest absolute Gasteiger partial charge is 0.227 e. The Kier molecular flexibility index (Phi) is 10.00. The number of fused-ring (bicyclic) bond motifs is 1. The van der Waals surface area contributed by atoms with Gasteiger partial charge in [0.15, 0.2) is 11.5 Å². The van der Waals surface area contributed by atoms with Gasteiger partial charge in [0.25, 0.3) is 0 Å². The number of ether oxygens (including phenoxy) is 2. The van der Waals surface area contributed by atoms with Crippen LogP contribution in [0.15, 0.2) is 24.3 Å². The van der Waals surface area contributed by atoms with E-state index >= 15 is 0 Å². The predicted octanol–water partition coefficient (Wildman–Crippen LogP) is 4.46. The molecule has 2 aromatic rings. The van der Waals surface area contributed by atoms with Crippen molar-refractivity contribution in [1.29, 1.82) is 0 Å². The van der Waals surface area contributed by atoms with E-state index in [1.165, 1.54) is 0 Å². The van der Waals surface area contributed by atoms with Crippen LogP contribution in [-0.2, 0) is 17.6 Å². The molecule has 0 fully saturated rings. The summed E-state index contributed by atoms with van der Waals surface area (Å²) in [6, 6.07) is 7.85. The predicted molar refractivity (Wildman–Crippen MR) is 150 cm³/mol. The monoisotopic (exact) mass is 536 g/mol. The van der Waals surface area contributed by atoms with Crippen LogP contribution in [0.3, 0.4) is 0 Å². The molecule has 3 rings (SSSR count). The van der Waals surface area contributed by atoms with E-state index < -0.39 is 0 Å². The highest BCUT2D eigenvalue weighted by molar-refractivity contribution is 6.39. The Hall–Kier alpha value is -2.35. The molecule has 0 saturated heterocycles. The first kappa shape index (κ1) is 28.2. The summed E-state index contributed by atoms with van der Waals surface area (Å²) >= 11 is 12.9. The lowest BCUT2D eigenvalue weighted by atomic mass is 10.0. The molecule has 198 valence electrons. The second kappa shape index (κ2) is 12.7. The van der Waals surface area contributed by atoms with Gasteiger partial charge in [-0.3, -0.25) is 4.79 Å². The van der Waals surface area contributed by atoms with Crippen molar-refractivity contribution in [2.24, 2.45) is 0 Å². The molecular weight excluding hydrogens is 499 g/mol. The molecule has 9 heteroatoms. The van der Waals surface area contributed by atoms with Gasteiger partial charge >= 0.3 is 0 Å². The molecule has 0 aromatic heterocycles. The van der Waals surface area contributed by atoms with Gasteiger partial charge in [0.05, 0.1) is 36.4 Å². The zero-order valence-electron chi connectivity index (χ0n) is 22.2. The second-order valence-corrected chi connectivity index (χ2v) is 10.3. The summed E-state index contributed by atoms with van der Waals surface area (Å²) in [6.45, 7) is 4.11. The highest BCUT2D eigenvalue weighted by atomic mass is 35.5. The van der Waals surface area contributed by atoms with Crippen molar-refractivity contribution < 1.29 is 14.3 Å². The van der Waals surface area contributed by atoms with Gasteiger partial charge in [0.1, 0.15) is 0 Å². The van der Waals surface area contributed by atoms with Crippen molar-refractivity contribution in [3.05, 3.63) is 45.4 Å². The van der Waals surface area contributed by atoms with Crippen LogP contribution in [0.25, 0.3) is 0 Å². The van der Waals surface area contributed by atoms with E-state index in [2.05, 4.69) is 16.8 Å². The van der Waals surface area contributed by atoms with Crippen molar-refractivity contribution in [1.82, 2.24) is 9.80 Å². The van der Waals surface area contributed by atoms with Crippen LogP contribution in [0, 0.1) is 0 Å². The number of methoxy groups -OCH3 is 2. The van der Waals surface area contributed by atoms with Crippen molar-refractivity contribution >= 4 is 40.5 Å². The van der Waals surface area contributed by atoms with Gasteiger partial charge in [-0.1, -0.05) is 23.2 Å². The first-order valence-corrected chi connectivity index (χ1v) is 13.0.